The number of unbranched alkanes of at least 4 members (excludes halogenated alkanes) is 3. The van der Waals surface area contributed by atoms with E-state index in [1.165, 1.54) is 11.5 Å². The molecule has 1 aromatic heterocycles. The predicted octanol–water partition coefficient (Wildman–Crippen LogP) is 5.30. The normalized spacial score (nSPS) is 11.8. The highest BCUT2D eigenvalue weighted by molar-refractivity contribution is 6.30. The number of carbonyl (C=O) groups is 4. The van der Waals surface area contributed by atoms with Crippen molar-refractivity contribution in [1.82, 2.24) is 9.88 Å². The Morgan fingerprint density at radius 2 is 1.76 bits per heavy atom. The van der Waals surface area contributed by atoms with Gasteiger partial charge in [-0.25, -0.2) is 4.79 Å². The SMILES string of the molecule is CCCCCCC(NC(=O)Cc1c(C)n(C(=O)c2ccc(Cl)cc2)c2ccc(OC(C)=O)cc12)C(=O)O. The molecule has 0 spiro atoms. The predicted molar refractivity (Wildman–Crippen MR) is 141 cm³/mol. The molecule has 0 saturated heterocycles. The van der Waals surface area contributed by atoms with Gasteiger partial charge in [0.2, 0.25) is 5.91 Å². The molecule has 8 nitrogen and oxygen atoms in total. The maximum absolute atomic E-state index is 13.4. The van der Waals surface area contributed by atoms with Crippen LogP contribution in [0.4, 0.5) is 0 Å². The summed E-state index contributed by atoms with van der Waals surface area (Å²) in [5, 5.41) is 13.3. The standard InChI is InChI=1S/C28H31ClN2O6/c1-4-5-6-7-8-24(28(35)36)30-26(33)16-22-17(2)31(27(34)19-9-11-20(29)12-10-19)25-14-13-21(15-23(22)25)37-18(3)32/h9-15,24H,4-8,16H2,1-3H3,(H,30,33)(H,35,36). The molecule has 0 aliphatic heterocycles. The molecule has 1 heterocycles. The summed E-state index contributed by atoms with van der Waals surface area (Å²) >= 11 is 5.97. The fourth-order valence-electron chi connectivity index (χ4n) is 4.34. The molecule has 0 aliphatic carbocycles. The second-order valence-corrected chi connectivity index (χ2v) is 9.40. The van der Waals surface area contributed by atoms with Crippen LogP contribution in [0.15, 0.2) is 42.5 Å². The van der Waals surface area contributed by atoms with E-state index in [-0.39, 0.29) is 18.1 Å². The van der Waals surface area contributed by atoms with Crippen LogP contribution in [0.2, 0.25) is 5.02 Å². The Kier molecular flexibility index (Phi) is 9.47. The van der Waals surface area contributed by atoms with Crippen LogP contribution < -0.4 is 10.1 Å². The number of esters is 1. The van der Waals surface area contributed by atoms with E-state index in [1.807, 2.05) is 0 Å². The first kappa shape index (κ1) is 27.9. The Labute approximate surface area is 220 Å². The number of ether oxygens (including phenoxy) is 1. The summed E-state index contributed by atoms with van der Waals surface area (Å²) in [5.74, 6) is -2.09. The molecule has 2 N–H and O–H groups in total. The first-order chi connectivity index (χ1) is 17.6. The first-order valence-corrected chi connectivity index (χ1v) is 12.6. The van der Waals surface area contributed by atoms with Gasteiger partial charge in [0.25, 0.3) is 5.91 Å². The number of amides is 1. The number of aromatic nitrogens is 1. The lowest BCUT2D eigenvalue weighted by molar-refractivity contribution is -0.142. The molecule has 1 atom stereocenters. The third-order valence-corrected chi connectivity index (χ3v) is 6.43. The summed E-state index contributed by atoms with van der Waals surface area (Å²) in [4.78, 5) is 49.7. The fourth-order valence-corrected chi connectivity index (χ4v) is 4.46. The lowest BCUT2D eigenvalue weighted by atomic mass is 10.0. The molecule has 3 aromatic rings. The number of benzene rings is 2. The van der Waals surface area contributed by atoms with Crippen molar-refractivity contribution in [2.75, 3.05) is 0 Å². The van der Waals surface area contributed by atoms with Gasteiger partial charge in [-0.2, -0.15) is 0 Å². The Bertz CT molecular complexity index is 1310. The number of rotatable bonds is 11. The molecule has 0 radical (unpaired) electrons. The molecule has 196 valence electrons. The minimum Gasteiger partial charge on any atom is -0.480 e. The van der Waals surface area contributed by atoms with Crippen molar-refractivity contribution < 1.29 is 29.0 Å². The van der Waals surface area contributed by atoms with Gasteiger partial charge in [-0.1, -0.05) is 44.2 Å². The van der Waals surface area contributed by atoms with Crippen molar-refractivity contribution in [2.24, 2.45) is 0 Å². The molecule has 1 amide bonds. The summed E-state index contributed by atoms with van der Waals surface area (Å²) in [6, 6.07) is 10.3. The second-order valence-electron chi connectivity index (χ2n) is 8.97. The van der Waals surface area contributed by atoms with Crippen LogP contribution >= 0.6 is 11.6 Å². The zero-order chi connectivity index (χ0) is 27.1. The number of nitrogens with one attached hydrogen (secondary N) is 1. The molecule has 1 unspecified atom stereocenters. The van der Waals surface area contributed by atoms with Crippen molar-refractivity contribution in [3.8, 4) is 5.75 Å². The van der Waals surface area contributed by atoms with E-state index >= 15 is 0 Å². The Morgan fingerprint density at radius 3 is 2.38 bits per heavy atom. The number of hydrogen-bond donors (Lipinski definition) is 2. The molecular weight excluding hydrogens is 496 g/mol. The van der Waals surface area contributed by atoms with Crippen LogP contribution in [0.25, 0.3) is 10.9 Å². The number of carboxylic acids is 1. The topological polar surface area (TPSA) is 115 Å². The fraction of sp³-hybridized carbons (Fsp3) is 0.357. The van der Waals surface area contributed by atoms with E-state index in [9.17, 15) is 24.3 Å². The van der Waals surface area contributed by atoms with Crippen LogP contribution in [0.1, 0.15) is 67.6 Å². The van der Waals surface area contributed by atoms with E-state index < -0.39 is 23.9 Å². The van der Waals surface area contributed by atoms with Crippen molar-refractivity contribution >= 4 is 46.3 Å². The molecule has 0 fully saturated rings. The summed E-state index contributed by atoms with van der Waals surface area (Å²) in [7, 11) is 0. The largest absolute Gasteiger partial charge is 0.480 e. The van der Waals surface area contributed by atoms with Gasteiger partial charge in [0.05, 0.1) is 11.9 Å². The van der Waals surface area contributed by atoms with Crippen molar-refractivity contribution in [3.05, 3.63) is 64.3 Å². The van der Waals surface area contributed by atoms with Gasteiger partial charge < -0.3 is 15.2 Å². The molecule has 0 saturated carbocycles. The third-order valence-electron chi connectivity index (χ3n) is 6.18. The van der Waals surface area contributed by atoms with Gasteiger partial charge in [0.1, 0.15) is 11.8 Å². The highest BCUT2D eigenvalue weighted by Crippen LogP contribution is 2.31. The zero-order valence-corrected chi connectivity index (χ0v) is 21.9. The highest BCUT2D eigenvalue weighted by atomic mass is 35.5. The lowest BCUT2D eigenvalue weighted by Crippen LogP contribution is -2.41. The molecule has 2 aromatic carbocycles. The molecule has 0 aliphatic rings. The van der Waals surface area contributed by atoms with Gasteiger partial charge in [-0.15, -0.1) is 0 Å². The van der Waals surface area contributed by atoms with Crippen LogP contribution in [-0.4, -0.2) is 39.5 Å². The monoisotopic (exact) mass is 526 g/mol. The van der Waals surface area contributed by atoms with E-state index in [4.69, 9.17) is 16.3 Å². The number of carbonyl (C=O) groups excluding carboxylic acids is 3. The zero-order valence-electron chi connectivity index (χ0n) is 21.2. The number of carboxylic acid groups (broad SMARTS) is 1. The van der Waals surface area contributed by atoms with Gasteiger partial charge in [-0.05, 0) is 61.4 Å². The van der Waals surface area contributed by atoms with E-state index in [1.54, 1.807) is 49.4 Å². The lowest BCUT2D eigenvalue weighted by Gasteiger charge is -2.15. The molecule has 3 rings (SSSR count). The number of nitrogens with zero attached hydrogens (tertiary/aromatic N) is 1. The van der Waals surface area contributed by atoms with Crippen LogP contribution in [0, 0.1) is 6.92 Å². The van der Waals surface area contributed by atoms with Gasteiger partial charge in [-0.3, -0.25) is 19.0 Å². The van der Waals surface area contributed by atoms with Crippen LogP contribution in [-0.2, 0) is 20.8 Å². The van der Waals surface area contributed by atoms with Gasteiger partial charge in [0, 0.05) is 28.6 Å². The molecule has 0 bridgehead atoms. The Morgan fingerprint density at radius 1 is 1.05 bits per heavy atom. The second kappa shape index (κ2) is 12.5. The van der Waals surface area contributed by atoms with Crippen LogP contribution in [0.3, 0.4) is 0 Å². The van der Waals surface area contributed by atoms with Crippen LogP contribution in [0.5, 0.6) is 5.75 Å². The third kappa shape index (κ3) is 6.98. The Balaban J connectivity index is 1.97. The molecular formula is C28H31ClN2O6. The number of fused-ring (bicyclic) bond motifs is 1. The van der Waals surface area contributed by atoms with Crippen molar-refractivity contribution in [2.45, 2.75) is 65.3 Å². The highest BCUT2D eigenvalue weighted by Gasteiger charge is 2.25. The minimum atomic E-state index is -1.08. The van der Waals surface area contributed by atoms with Gasteiger partial charge >= 0.3 is 11.9 Å². The average Bonchev–Trinajstić information content (AvgIpc) is 3.11. The smallest absolute Gasteiger partial charge is 0.326 e. The van der Waals surface area contributed by atoms with E-state index in [0.29, 0.717) is 45.6 Å². The number of hydrogen-bond acceptors (Lipinski definition) is 5. The summed E-state index contributed by atoms with van der Waals surface area (Å²) in [6.45, 7) is 5.08. The first-order valence-electron chi connectivity index (χ1n) is 12.3. The maximum Gasteiger partial charge on any atom is 0.326 e. The number of aliphatic carboxylic acids is 1. The van der Waals surface area contributed by atoms with E-state index in [0.717, 1.165) is 19.3 Å². The number of halogens is 1. The molecule has 9 heteroatoms. The summed E-state index contributed by atoms with van der Waals surface area (Å²) in [6.07, 6.45) is 3.82. The molecule has 37 heavy (non-hydrogen) atoms. The van der Waals surface area contributed by atoms with E-state index in [2.05, 4.69) is 12.2 Å². The van der Waals surface area contributed by atoms with Gasteiger partial charge in [0.15, 0.2) is 0 Å². The quantitative estimate of drug-likeness (QED) is 0.199. The maximum atomic E-state index is 13.4. The van der Waals surface area contributed by atoms with Crippen molar-refractivity contribution in [1.29, 1.82) is 0 Å². The average molecular weight is 527 g/mol. The van der Waals surface area contributed by atoms with Crippen molar-refractivity contribution in [3.63, 3.8) is 0 Å². The minimum absolute atomic E-state index is 0.147. The summed E-state index contributed by atoms with van der Waals surface area (Å²) in [5.41, 5.74) is 2.01. The summed E-state index contributed by atoms with van der Waals surface area (Å²) < 4.78 is 6.72. The Hall–Kier alpha value is -3.65.